The number of benzene rings is 1. The zero-order valence-corrected chi connectivity index (χ0v) is 7.55. The SMILES string of the molecule is C=O.O=P(O)(O)Oc1ccccc1. The van der Waals surface area contributed by atoms with E-state index in [1.54, 1.807) is 18.2 Å². The van der Waals surface area contributed by atoms with Gasteiger partial charge in [0, 0.05) is 0 Å². The number of phosphoric ester groups is 1. The molecular formula is C7H9O5P. The van der Waals surface area contributed by atoms with Gasteiger partial charge in [-0.15, -0.1) is 0 Å². The summed E-state index contributed by atoms with van der Waals surface area (Å²) in [5.74, 6) is 0.167. The largest absolute Gasteiger partial charge is 0.524 e. The molecule has 0 spiro atoms. The van der Waals surface area contributed by atoms with Gasteiger partial charge in [0.15, 0.2) is 0 Å². The van der Waals surface area contributed by atoms with E-state index in [0.29, 0.717) is 0 Å². The summed E-state index contributed by atoms with van der Waals surface area (Å²) >= 11 is 0. The van der Waals surface area contributed by atoms with Gasteiger partial charge in [-0.3, -0.25) is 9.79 Å². The predicted octanol–water partition coefficient (Wildman–Crippen LogP) is 0.973. The minimum Gasteiger partial charge on any atom is -0.404 e. The van der Waals surface area contributed by atoms with Crippen LogP contribution in [0, 0.1) is 0 Å². The number of hydrogen-bond acceptors (Lipinski definition) is 3. The summed E-state index contributed by atoms with van der Waals surface area (Å²) in [6.45, 7) is 2.00. The Morgan fingerprint density at radius 1 is 1.15 bits per heavy atom. The van der Waals surface area contributed by atoms with Crippen molar-refractivity contribution in [3.05, 3.63) is 30.3 Å². The molecule has 5 nitrogen and oxygen atoms in total. The molecule has 0 amide bonds. The third-order valence-corrected chi connectivity index (χ3v) is 1.42. The molecule has 2 N–H and O–H groups in total. The van der Waals surface area contributed by atoms with E-state index in [2.05, 4.69) is 4.52 Å². The van der Waals surface area contributed by atoms with Crippen molar-refractivity contribution < 1.29 is 23.7 Å². The molecular weight excluding hydrogens is 195 g/mol. The number of hydrogen-bond donors (Lipinski definition) is 2. The normalized spacial score (nSPS) is 9.69. The third-order valence-electron chi connectivity index (χ3n) is 0.968. The second-order valence-electron chi connectivity index (χ2n) is 1.89. The quantitative estimate of drug-likeness (QED) is 0.701. The highest BCUT2D eigenvalue weighted by atomic mass is 31.2. The van der Waals surface area contributed by atoms with Gasteiger partial charge in [-0.2, -0.15) is 0 Å². The van der Waals surface area contributed by atoms with Crippen LogP contribution in [0.1, 0.15) is 0 Å². The van der Waals surface area contributed by atoms with E-state index in [1.165, 1.54) is 12.1 Å². The Hall–Kier alpha value is -1.16. The lowest BCUT2D eigenvalue weighted by Crippen LogP contribution is -1.88. The molecule has 0 radical (unpaired) electrons. The maximum Gasteiger partial charge on any atom is 0.524 e. The van der Waals surface area contributed by atoms with E-state index in [1.807, 2.05) is 6.79 Å². The molecule has 72 valence electrons. The van der Waals surface area contributed by atoms with Crippen molar-refractivity contribution in [2.24, 2.45) is 0 Å². The predicted molar refractivity (Wildman–Crippen MR) is 46.2 cm³/mol. The van der Waals surface area contributed by atoms with Crippen molar-refractivity contribution in [1.82, 2.24) is 0 Å². The summed E-state index contributed by atoms with van der Waals surface area (Å²) in [5.41, 5.74) is 0. The Bertz CT molecular complexity index is 280. The van der Waals surface area contributed by atoms with Crippen LogP contribution >= 0.6 is 7.82 Å². The molecule has 0 fully saturated rings. The fourth-order valence-corrected chi connectivity index (χ4v) is 1.02. The van der Waals surface area contributed by atoms with Crippen LogP contribution in [0.15, 0.2) is 30.3 Å². The van der Waals surface area contributed by atoms with Gasteiger partial charge in [0.25, 0.3) is 0 Å². The van der Waals surface area contributed by atoms with Gasteiger partial charge in [0.1, 0.15) is 12.5 Å². The number of carbonyl (C=O) groups is 1. The molecule has 0 unspecified atom stereocenters. The van der Waals surface area contributed by atoms with Gasteiger partial charge in [-0.25, -0.2) is 4.57 Å². The highest BCUT2D eigenvalue weighted by molar-refractivity contribution is 7.46. The monoisotopic (exact) mass is 204 g/mol. The van der Waals surface area contributed by atoms with Crippen molar-refractivity contribution in [2.75, 3.05) is 0 Å². The molecule has 0 saturated heterocycles. The maximum atomic E-state index is 10.3. The topological polar surface area (TPSA) is 83.8 Å². The summed E-state index contributed by atoms with van der Waals surface area (Å²) in [4.78, 5) is 24.7. The van der Waals surface area contributed by atoms with Crippen LogP contribution in [0.5, 0.6) is 5.75 Å². The van der Waals surface area contributed by atoms with Gasteiger partial charge >= 0.3 is 7.82 Å². The van der Waals surface area contributed by atoms with E-state index < -0.39 is 7.82 Å². The lowest BCUT2D eigenvalue weighted by atomic mass is 10.3. The van der Waals surface area contributed by atoms with E-state index in [4.69, 9.17) is 14.6 Å². The molecule has 0 saturated carbocycles. The zero-order valence-electron chi connectivity index (χ0n) is 6.66. The van der Waals surface area contributed by atoms with Crippen LogP contribution in [0.25, 0.3) is 0 Å². The molecule has 1 aromatic rings. The Kier molecular flexibility index (Phi) is 4.99. The molecule has 0 aromatic heterocycles. The Balaban J connectivity index is 0.000000671. The summed E-state index contributed by atoms with van der Waals surface area (Å²) in [6, 6.07) is 7.93. The third kappa shape index (κ3) is 6.04. The van der Waals surface area contributed by atoms with Crippen LogP contribution < -0.4 is 4.52 Å². The molecule has 0 atom stereocenters. The molecule has 1 aromatic carbocycles. The fraction of sp³-hybridized carbons (Fsp3) is 0. The summed E-state index contributed by atoms with van der Waals surface area (Å²) in [7, 11) is -4.39. The average molecular weight is 204 g/mol. The van der Waals surface area contributed by atoms with E-state index >= 15 is 0 Å². The second-order valence-corrected chi connectivity index (χ2v) is 3.06. The first-order valence-corrected chi connectivity index (χ1v) is 4.70. The molecule has 13 heavy (non-hydrogen) atoms. The summed E-state index contributed by atoms with van der Waals surface area (Å²) in [5, 5.41) is 0. The standard InChI is InChI=1S/C6H7O4P.CH2O/c7-11(8,9)10-6-4-2-1-3-5-6;1-2/h1-5H,(H2,7,8,9);1H2. The van der Waals surface area contributed by atoms with Gasteiger partial charge < -0.3 is 9.32 Å². The minimum atomic E-state index is -4.39. The van der Waals surface area contributed by atoms with Crippen molar-refractivity contribution >= 4 is 14.6 Å². The first-order valence-electron chi connectivity index (χ1n) is 3.17. The van der Waals surface area contributed by atoms with Crippen LogP contribution in [-0.2, 0) is 9.36 Å². The Labute approximate surface area is 75.2 Å². The molecule has 0 aliphatic carbocycles. The number of phosphoric acid groups is 1. The smallest absolute Gasteiger partial charge is 0.404 e. The van der Waals surface area contributed by atoms with Gasteiger partial charge in [-0.1, -0.05) is 18.2 Å². The van der Waals surface area contributed by atoms with E-state index in [-0.39, 0.29) is 5.75 Å². The Morgan fingerprint density at radius 2 is 1.62 bits per heavy atom. The van der Waals surface area contributed by atoms with E-state index in [9.17, 15) is 4.57 Å². The van der Waals surface area contributed by atoms with Crippen LogP contribution in [0.3, 0.4) is 0 Å². The van der Waals surface area contributed by atoms with Crippen LogP contribution in [0.2, 0.25) is 0 Å². The van der Waals surface area contributed by atoms with Crippen LogP contribution in [-0.4, -0.2) is 16.6 Å². The van der Waals surface area contributed by atoms with Gasteiger partial charge in [-0.05, 0) is 12.1 Å². The van der Waals surface area contributed by atoms with Crippen molar-refractivity contribution in [3.63, 3.8) is 0 Å². The number of para-hydroxylation sites is 1. The van der Waals surface area contributed by atoms with Crippen LogP contribution in [0.4, 0.5) is 0 Å². The number of rotatable bonds is 2. The number of carbonyl (C=O) groups excluding carboxylic acids is 1. The molecule has 0 aliphatic heterocycles. The highest BCUT2D eigenvalue weighted by Crippen LogP contribution is 2.36. The minimum absolute atomic E-state index is 0.167. The summed E-state index contributed by atoms with van der Waals surface area (Å²) in [6.07, 6.45) is 0. The zero-order chi connectivity index (χ0) is 10.3. The average Bonchev–Trinajstić information content (AvgIpc) is 2.07. The molecule has 0 bridgehead atoms. The lowest BCUT2D eigenvalue weighted by Gasteiger charge is -2.04. The second kappa shape index (κ2) is 5.48. The highest BCUT2D eigenvalue weighted by Gasteiger charge is 2.14. The first kappa shape index (κ1) is 11.8. The first-order chi connectivity index (χ1) is 6.08. The molecule has 0 aliphatic rings. The Morgan fingerprint density at radius 3 is 2.00 bits per heavy atom. The van der Waals surface area contributed by atoms with Gasteiger partial charge in [0.05, 0.1) is 0 Å². The van der Waals surface area contributed by atoms with Crippen molar-refractivity contribution in [1.29, 1.82) is 0 Å². The molecule has 0 heterocycles. The van der Waals surface area contributed by atoms with Crippen molar-refractivity contribution in [2.45, 2.75) is 0 Å². The van der Waals surface area contributed by atoms with E-state index in [0.717, 1.165) is 0 Å². The molecule has 6 heteroatoms. The summed E-state index contributed by atoms with van der Waals surface area (Å²) < 4.78 is 14.5. The fourth-order valence-electron chi connectivity index (χ4n) is 0.619. The van der Waals surface area contributed by atoms with Gasteiger partial charge in [0.2, 0.25) is 0 Å². The lowest BCUT2D eigenvalue weighted by molar-refractivity contribution is -0.0979. The van der Waals surface area contributed by atoms with Crippen molar-refractivity contribution in [3.8, 4) is 5.75 Å². The maximum absolute atomic E-state index is 10.3. The molecule has 1 rings (SSSR count).